The van der Waals surface area contributed by atoms with Crippen LogP contribution in [-0.2, 0) is 6.42 Å². The lowest BCUT2D eigenvalue weighted by Gasteiger charge is -2.31. The monoisotopic (exact) mass is 579 g/mol. The van der Waals surface area contributed by atoms with Crippen molar-refractivity contribution >= 4 is 63.3 Å². The molecule has 1 unspecified atom stereocenters. The van der Waals surface area contributed by atoms with Gasteiger partial charge in [0.05, 0.1) is 28.3 Å². The largest absolute Gasteiger partial charge is 0.495 e. The number of halogens is 1. The van der Waals surface area contributed by atoms with Crippen molar-refractivity contribution in [3.63, 3.8) is 0 Å². The van der Waals surface area contributed by atoms with Gasteiger partial charge in [-0.1, -0.05) is 7.92 Å². The summed E-state index contributed by atoms with van der Waals surface area (Å²) in [4.78, 5) is 20.7. The third kappa shape index (κ3) is 5.26. The molecule has 0 bridgehead atoms. The Morgan fingerprint density at radius 2 is 1.86 bits per heavy atom. The molecule has 2 aromatic heterocycles. The molecule has 0 saturated heterocycles. The average molecular weight is 580 g/mol. The number of nitrogens with one attached hydrogen (secondary N) is 2. The summed E-state index contributed by atoms with van der Waals surface area (Å²) >= 11 is 3.61. The molecule has 0 amide bonds. The second-order valence-electron chi connectivity index (χ2n) is 9.54. The van der Waals surface area contributed by atoms with Crippen LogP contribution in [-0.4, -0.2) is 59.4 Å². The van der Waals surface area contributed by atoms with Crippen LogP contribution in [0.15, 0.2) is 47.3 Å². The number of benzene rings is 2. The lowest BCUT2D eigenvalue weighted by molar-refractivity contribution is 0.267. The molecule has 1 aliphatic rings. The number of hydrogen-bond donors (Lipinski definition) is 2. The topological polar surface area (TPSA) is 88.1 Å². The van der Waals surface area contributed by atoms with Gasteiger partial charge in [-0.3, -0.25) is 9.97 Å². The van der Waals surface area contributed by atoms with E-state index in [0.717, 1.165) is 50.8 Å². The van der Waals surface area contributed by atoms with E-state index >= 15 is 0 Å². The van der Waals surface area contributed by atoms with Crippen molar-refractivity contribution in [3.05, 3.63) is 58.5 Å². The molecule has 0 radical (unpaired) electrons. The summed E-state index contributed by atoms with van der Waals surface area (Å²) in [6.45, 7) is 4.43. The fraction of sp³-hybridized carbons (Fsp3) is 0.333. The second-order valence-corrected chi connectivity index (χ2v) is 12.6. The second kappa shape index (κ2) is 10.9. The molecule has 2 heterocycles. The molecule has 2 N–H and O–H groups in total. The van der Waals surface area contributed by atoms with E-state index in [1.165, 1.54) is 17.5 Å². The Hall–Kier alpha value is -2.87. The number of fused-ring (bicyclic) bond motifs is 2. The van der Waals surface area contributed by atoms with E-state index in [9.17, 15) is 0 Å². The first-order valence-electron chi connectivity index (χ1n) is 12.2. The van der Waals surface area contributed by atoms with Crippen molar-refractivity contribution in [3.8, 4) is 5.75 Å². The Kier molecular flexibility index (Phi) is 7.56. The first-order chi connectivity index (χ1) is 17.9. The van der Waals surface area contributed by atoms with Crippen LogP contribution in [0.3, 0.4) is 0 Å². The lowest BCUT2D eigenvalue weighted by Crippen LogP contribution is -2.24. The number of anilines is 4. The van der Waals surface area contributed by atoms with E-state index in [4.69, 9.17) is 9.72 Å². The van der Waals surface area contributed by atoms with Crippen LogP contribution >= 0.6 is 23.9 Å². The van der Waals surface area contributed by atoms with Crippen LogP contribution in [0.4, 0.5) is 23.1 Å². The Balaban J connectivity index is 1.48. The lowest BCUT2D eigenvalue weighted by atomic mass is 9.86. The summed E-state index contributed by atoms with van der Waals surface area (Å²) in [5.41, 5.74) is 6.31. The zero-order chi connectivity index (χ0) is 26.1. The Labute approximate surface area is 227 Å². The summed E-state index contributed by atoms with van der Waals surface area (Å²) in [5, 5.41) is 8.07. The molecule has 1 aliphatic carbocycles. The van der Waals surface area contributed by atoms with Crippen LogP contribution < -0.4 is 20.7 Å². The number of aromatic nitrogens is 4. The van der Waals surface area contributed by atoms with Gasteiger partial charge in [0, 0.05) is 35.6 Å². The van der Waals surface area contributed by atoms with Gasteiger partial charge in [0.1, 0.15) is 11.6 Å². The molecule has 0 saturated carbocycles. The quantitative estimate of drug-likeness (QED) is 0.258. The molecule has 0 fully saturated rings. The van der Waals surface area contributed by atoms with E-state index in [1.54, 1.807) is 25.7 Å². The van der Waals surface area contributed by atoms with Gasteiger partial charge in [0.2, 0.25) is 5.95 Å². The Bertz CT molecular complexity index is 1450. The third-order valence-electron chi connectivity index (χ3n) is 6.67. The van der Waals surface area contributed by atoms with Gasteiger partial charge in [0.15, 0.2) is 0 Å². The maximum atomic E-state index is 5.77. The summed E-state index contributed by atoms with van der Waals surface area (Å²) in [6.07, 6.45) is 8.59. The van der Waals surface area contributed by atoms with Gasteiger partial charge < -0.3 is 20.3 Å². The summed E-state index contributed by atoms with van der Waals surface area (Å²) in [7, 11) is 5.52. The molecule has 10 heteroatoms. The number of nitrogens with zero attached hydrogens (tertiary/aromatic N) is 5. The van der Waals surface area contributed by atoms with Crippen LogP contribution in [0, 0.1) is 0 Å². The minimum atomic E-state index is -0.449. The zero-order valence-electron chi connectivity index (χ0n) is 21.7. The maximum Gasteiger partial charge on any atom is 0.229 e. The standard InChI is InChI=1S/C27H31BrN7OP/c1-35(2)22-8-6-7-16-13-21(23(36-3)14-17(16)22)33-27-31-15-18(28)26(34-27)32-20-10-9-19-24(25(20)37(4)5)30-12-11-29-19/h9-15,22H,6-8H2,1-5H3,(H2,31,32,33,34). The van der Waals surface area contributed by atoms with E-state index in [1.807, 2.05) is 12.1 Å². The summed E-state index contributed by atoms with van der Waals surface area (Å²) in [6, 6.07) is 8.77. The van der Waals surface area contributed by atoms with E-state index < -0.39 is 7.92 Å². The zero-order valence-corrected chi connectivity index (χ0v) is 24.2. The number of hydrogen-bond acceptors (Lipinski definition) is 8. The highest BCUT2D eigenvalue weighted by Gasteiger charge is 2.24. The molecular weight excluding hydrogens is 549 g/mol. The van der Waals surface area contributed by atoms with Crippen molar-refractivity contribution in [2.45, 2.75) is 25.3 Å². The number of methoxy groups -OCH3 is 1. The van der Waals surface area contributed by atoms with Crippen LogP contribution in [0.1, 0.15) is 30.0 Å². The Morgan fingerprint density at radius 1 is 1.05 bits per heavy atom. The van der Waals surface area contributed by atoms with Crippen LogP contribution in [0.2, 0.25) is 0 Å². The number of ether oxygens (including phenoxy) is 1. The molecule has 5 rings (SSSR count). The predicted octanol–water partition coefficient (Wildman–Crippen LogP) is 5.98. The molecule has 8 nitrogen and oxygen atoms in total. The number of rotatable bonds is 7. The molecule has 4 aromatic rings. The molecule has 37 heavy (non-hydrogen) atoms. The highest BCUT2D eigenvalue weighted by Crippen LogP contribution is 2.40. The van der Waals surface area contributed by atoms with Crippen molar-refractivity contribution in [1.29, 1.82) is 0 Å². The fourth-order valence-electron chi connectivity index (χ4n) is 4.95. The molecule has 0 spiro atoms. The SMILES string of the molecule is COc1cc2c(cc1Nc1ncc(Br)c(Nc3ccc4nccnc4c3P(C)C)n1)CCCC2N(C)C. The molecule has 192 valence electrons. The Morgan fingerprint density at radius 3 is 2.62 bits per heavy atom. The van der Waals surface area contributed by atoms with Crippen molar-refractivity contribution in [1.82, 2.24) is 24.8 Å². The van der Waals surface area contributed by atoms with Gasteiger partial charge in [-0.25, -0.2) is 4.98 Å². The van der Waals surface area contributed by atoms with E-state index in [-0.39, 0.29) is 0 Å². The van der Waals surface area contributed by atoms with Crippen molar-refractivity contribution in [2.24, 2.45) is 0 Å². The van der Waals surface area contributed by atoms with Gasteiger partial charge in [-0.2, -0.15) is 4.98 Å². The minimum Gasteiger partial charge on any atom is -0.495 e. The van der Waals surface area contributed by atoms with E-state index in [2.05, 4.69) is 86.0 Å². The third-order valence-corrected chi connectivity index (χ3v) is 8.60. The normalized spacial score (nSPS) is 15.2. The van der Waals surface area contributed by atoms with Crippen molar-refractivity contribution < 1.29 is 4.74 Å². The highest BCUT2D eigenvalue weighted by molar-refractivity contribution is 9.10. The summed E-state index contributed by atoms with van der Waals surface area (Å²) < 4.78 is 6.54. The highest BCUT2D eigenvalue weighted by atomic mass is 79.9. The molecular formula is C27H31BrN7OP. The van der Waals surface area contributed by atoms with Crippen LogP contribution in [0.5, 0.6) is 5.75 Å². The first-order valence-corrected chi connectivity index (χ1v) is 15.2. The molecule has 0 aliphatic heterocycles. The minimum absolute atomic E-state index is 0.398. The van der Waals surface area contributed by atoms with Gasteiger partial charge >= 0.3 is 0 Å². The first kappa shape index (κ1) is 25.8. The average Bonchev–Trinajstić information content (AvgIpc) is 2.89. The fourth-order valence-corrected chi connectivity index (χ4v) is 6.45. The van der Waals surface area contributed by atoms with Gasteiger partial charge in [-0.05, 0) is 98.0 Å². The smallest absolute Gasteiger partial charge is 0.229 e. The van der Waals surface area contributed by atoms with Crippen molar-refractivity contribution in [2.75, 3.05) is 45.2 Å². The summed E-state index contributed by atoms with van der Waals surface area (Å²) in [5.74, 6) is 1.94. The van der Waals surface area contributed by atoms with Crippen LogP contribution in [0.25, 0.3) is 11.0 Å². The predicted molar refractivity (Wildman–Crippen MR) is 157 cm³/mol. The molecule has 2 aromatic carbocycles. The maximum absolute atomic E-state index is 5.77. The molecule has 1 atom stereocenters. The van der Waals surface area contributed by atoms with Gasteiger partial charge in [0.25, 0.3) is 0 Å². The number of aryl methyl sites for hydroxylation is 1. The van der Waals surface area contributed by atoms with E-state index in [0.29, 0.717) is 17.8 Å². The van der Waals surface area contributed by atoms with Gasteiger partial charge in [-0.15, -0.1) is 0 Å².